The van der Waals surface area contributed by atoms with E-state index >= 15 is 0 Å². The lowest BCUT2D eigenvalue weighted by Gasteiger charge is -2.19. The van der Waals surface area contributed by atoms with Crippen LogP contribution in [0.15, 0.2) is 18.2 Å². The van der Waals surface area contributed by atoms with Crippen molar-refractivity contribution in [3.05, 3.63) is 35.0 Å². The number of benzene rings is 1. The van der Waals surface area contributed by atoms with E-state index in [4.69, 9.17) is 5.84 Å². The number of carbonyl (C=O) groups is 1. The number of carbonyl (C=O) groups excluding carboxylic acids is 1. The number of nitrogens with two attached hydrogens (primary N) is 1. The maximum absolute atomic E-state index is 11.6. The van der Waals surface area contributed by atoms with Gasteiger partial charge in [-0.2, -0.15) is 0 Å². The first-order chi connectivity index (χ1) is 8.69. The Morgan fingerprint density at radius 2 is 2.33 bits per heavy atom. The van der Waals surface area contributed by atoms with Crippen LogP contribution in [-0.2, 0) is 13.0 Å². The second-order valence-electron chi connectivity index (χ2n) is 4.95. The number of quaternary nitrogens is 1. The van der Waals surface area contributed by atoms with E-state index in [9.17, 15) is 4.79 Å². The van der Waals surface area contributed by atoms with Crippen LogP contribution in [0.1, 0.15) is 21.6 Å². The Kier molecular flexibility index (Phi) is 2.57. The van der Waals surface area contributed by atoms with Crippen molar-refractivity contribution in [3.63, 3.8) is 0 Å². The number of hydrogen-bond donors (Lipinski definition) is 4. The van der Waals surface area contributed by atoms with Gasteiger partial charge in [0.15, 0.2) is 0 Å². The summed E-state index contributed by atoms with van der Waals surface area (Å²) >= 11 is 0. The van der Waals surface area contributed by atoms with Crippen LogP contribution in [0.3, 0.4) is 0 Å². The highest BCUT2D eigenvalue weighted by molar-refractivity contribution is 5.98. The van der Waals surface area contributed by atoms with E-state index in [2.05, 4.69) is 17.5 Å². The molecule has 1 aromatic heterocycles. The Morgan fingerprint density at radius 1 is 1.50 bits per heavy atom. The zero-order valence-electron chi connectivity index (χ0n) is 10.3. The minimum absolute atomic E-state index is 0.247. The third kappa shape index (κ3) is 1.68. The van der Waals surface area contributed by atoms with Gasteiger partial charge in [-0.1, -0.05) is 0 Å². The predicted molar refractivity (Wildman–Crippen MR) is 69.1 cm³/mol. The molecule has 1 aliphatic heterocycles. The van der Waals surface area contributed by atoms with E-state index in [0.29, 0.717) is 5.56 Å². The highest BCUT2D eigenvalue weighted by Gasteiger charge is 2.21. The molecular formula is C13H17N4O+. The first kappa shape index (κ1) is 11.3. The molecule has 0 aliphatic carbocycles. The highest BCUT2D eigenvalue weighted by atomic mass is 16.2. The molecule has 2 heterocycles. The number of H-pyrrole nitrogens is 1. The summed E-state index contributed by atoms with van der Waals surface area (Å²) in [5.41, 5.74) is 6.52. The summed E-state index contributed by atoms with van der Waals surface area (Å²) in [5.74, 6) is 4.92. The molecule has 5 N–H and O–H groups in total. The molecule has 1 amide bonds. The fraction of sp³-hybridized carbons (Fsp3) is 0.308. The maximum atomic E-state index is 11.6. The van der Waals surface area contributed by atoms with Gasteiger partial charge in [-0.25, -0.2) is 5.84 Å². The van der Waals surface area contributed by atoms with Gasteiger partial charge in [0.2, 0.25) is 0 Å². The molecule has 18 heavy (non-hydrogen) atoms. The fourth-order valence-electron chi connectivity index (χ4n) is 2.67. The van der Waals surface area contributed by atoms with E-state index in [-0.39, 0.29) is 5.91 Å². The van der Waals surface area contributed by atoms with Crippen LogP contribution in [0.25, 0.3) is 10.9 Å². The van der Waals surface area contributed by atoms with Crippen molar-refractivity contribution in [3.8, 4) is 0 Å². The lowest BCUT2D eigenvalue weighted by Crippen LogP contribution is -3.08. The van der Waals surface area contributed by atoms with Gasteiger partial charge in [-0.15, -0.1) is 0 Å². The number of hydrogen-bond acceptors (Lipinski definition) is 2. The summed E-state index contributed by atoms with van der Waals surface area (Å²) in [7, 11) is 2.19. The maximum Gasteiger partial charge on any atom is 0.265 e. The van der Waals surface area contributed by atoms with E-state index in [1.54, 1.807) is 6.07 Å². The minimum Gasteiger partial charge on any atom is -0.358 e. The lowest BCUT2D eigenvalue weighted by atomic mass is 10.0. The summed E-state index contributed by atoms with van der Waals surface area (Å²) in [6, 6.07) is 5.67. The third-order valence-electron chi connectivity index (χ3n) is 3.67. The SMILES string of the molecule is C[NH+]1CCc2[nH]c3ccc(C(=O)NN)cc3c2C1. The Morgan fingerprint density at radius 3 is 3.11 bits per heavy atom. The molecule has 3 rings (SSSR count). The zero-order valence-corrected chi connectivity index (χ0v) is 10.3. The van der Waals surface area contributed by atoms with E-state index in [0.717, 1.165) is 30.4 Å². The molecule has 0 radical (unpaired) electrons. The third-order valence-corrected chi connectivity index (χ3v) is 3.67. The first-order valence-corrected chi connectivity index (χ1v) is 6.15. The average molecular weight is 245 g/mol. The van der Waals surface area contributed by atoms with Gasteiger partial charge < -0.3 is 9.88 Å². The van der Waals surface area contributed by atoms with Gasteiger partial charge in [0, 0.05) is 34.1 Å². The number of aromatic nitrogens is 1. The second-order valence-corrected chi connectivity index (χ2v) is 4.95. The number of hydrazine groups is 1. The molecule has 1 atom stereocenters. The van der Waals surface area contributed by atoms with Gasteiger partial charge in [-0.3, -0.25) is 10.2 Å². The highest BCUT2D eigenvalue weighted by Crippen LogP contribution is 2.24. The number of aromatic amines is 1. The van der Waals surface area contributed by atoms with Crippen molar-refractivity contribution >= 4 is 16.8 Å². The van der Waals surface area contributed by atoms with Gasteiger partial charge in [0.25, 0.3) is 5.91 Å². The molecule has 0 spiro atoms. The molecule has 1 aromatic carbocycles. The van der Waals surface area contributed by atoms with Crippen LogP contribution < -0.4 is 16.2 Å². The lowest BCUT2D eigenvalue weighted by molar-refractivity contribution is -0.895. The molecule has 1 aliphatic rings. The molecule has 2 aromatic rings. The monoisotopic (exact) mass is 245 g/mol. The Balaban J connectivity index is 2.15. The molecule has 0 fully saturated rings. The van der Waals surface area contributed by atoms with E-state index in [1.807, 2.05) is 12.1 Å². The molecule has 1 unspecified atom stereocenters. The Hall–Kier alpha value is -1.85. The second kappa shape index (κ2) is 4.12. The van der Waals surface area contributed by atoms with Gasteiger partial charge in [0.05, 0.1) is 13.6 Å². The Labute approximate surface area is 105 Å². The van der Waals surface area contributed by atoms with Crippen LogP contribution in [0.5, 0.6) is 0 Å². The van der Waals surface area contributed by atoms with Crippen molar-refractivity contribution in [1.29, 1.82) is 0 Å². The average Bonchev–Trinajstić information content (AvgIpc) is 2.75. The smallest absolute Gasteiger partial charge is 0.265 e. The van der Waals surface area contributed by atoms with Crippen LogP contribution in [-0.4, -0.2) is 24.5 Å². The minimum atomic E-state index is -0.247. The standard InChI is InChI=1S/C13H16N4O/c1-17-5-4-12-10(7-17)9-6-8(13(18)16-14)2-3-11(9)15-12/h2-3,6,15H,4-5,7,14H2,1H3,(H,16,18)/p+1. The van der Waals surface area contributed by atoms with Crippen molar-refractivity contribution < 1.29 is 9.69 Å². The molecule has 5 nitrogen and oxygen atoms in total. The van der Waals surface area contributed by atoms with Crippen LogP contribution in [0.4, 0.5) is 0 Å². The van der Waals surface area contributed by atoms with Crippen molar-refractivity contribution in [2.45, 2.75) is 13.0 Å². The molecule has 0 saturated carbocycles. The molecule has 0 bridgehead atoms. The summed E-state index contributed by atoms with van der Waals surface area (Å²) in [6.45, 7) is 2.15. The molecule has 5 heteroatoms. The number of amides is 1. The summed E-state index contributed by atoms with van der Waals surface area (Å²) in [4.78, 5) is 16.5. The number of nitrogen functional groups attached to an aromatic ring is 1. The van der Waals surface area contributed by atoms with Gasteiger partial charge in [-0.05, 0) is 18.2 Å². The molecular weight excluding hydrogens is 228 g/mol. The Bertz CT molecular complexity index is 617. The quantitative estimate of drug-likeness (QED) is 0.306. The van der Waals surface area contributed by atoms with Crippen LogP contribution in [0, 0.1) is 0 Å². The predicted octanol–water partition coefficient (Wildman–Crippen LogP) is -0.658. The van der Waals surface area contributed by atoms with E-state index in [1.165, 1.54) is 16.2 Å². The fourth-order valence-corrected chi connectivity index (χ4v) is 2.67. The zero-order chi connectivity index (χ0) is 12.7. The number of likely N-dealkylation sites (N-methyl/N-ethyl adjacent to an activating group) is 1. The van der Waals surface area contributed by atoms with Crippen molar-refractivity contribution in [2.75, 3.05) is 13.6 Å². The van der Waals surface area contributed by atoms with Crippen LogP contribution in [0.2, 0.25) is 0 Å². The largest absolute Gasteiger partial charge is 0.358 e. The summed E-state index contributed by atoms with van der Waals surface area (Å²) < 4.78 is 0. The van der Waals surface area contributed by atoms with Crippen molar-refractivity contribution in [1.82, 2.24) is 10.4 Å². The van der Waals surface area contributed by atoms with Gasteiger partial charge in [0.1, 0.15) is 6.54 Å². The summed E-state index contributed by atoms with van der Waals surface area (Å²) in [5, 5.41) is 1.14. The number of fused-ring (bicyclic) bond motifs is 3. The van der Waals surface area contributed by atoms with Gasteiger partial charge >= 0.3 is 0 Å². The molecule has 94 valence electrons. The first-order valence-electron chi connectivity index (χ1n) is 6.15. The van der Waals surface area contributed by atoms with Crippen molar-refractivity contribution in [2.24, 2.45) is 5.84 Å². The normalized spacial score (nSPS) is 18.7. The summed E-state index contributed by atoms with van der Waals surface area (Å²) in [6.07, 6.45) is 1.06. The topological polar surface area (TPSA) is 75.3 Å². The molecule has 0 saturated heterocycles. The number of rotatable bonds is 1. The van der Waals surface area contributed by atoms with Crippen LogP contribution >= 0.6 is 0 Å². The number of nitrogens with one attached hydrogen (secondary N) is 3. The van der Waals surface area contributed by atoms with E-state index < -0.39 is 0 Å².